The van der Waals surface area contributed by atoms with Gasteiger partial charge in [-0.05, 0) is 56.3 Å². The summed E-state index contributed by atoms with van der Waals surface area (Å²) in [4.78, 5) is 14.7. The van der Waals surface area contributed by atoms with Crippen LogP contribution < -0.4 is 11.1 Å². The van der Waals surface area contributed by atoms with E-state index in [4.69, 9.17) is 5.73 Å². The summed E-state index contributed by atoms with van der Waals surface area (Å²) in [6.07, 6.45) is 5.38. The largest absolute Gasteiger partial charge is 0.352 e. The molecule has 1 aromatic rings. The van der Waals surface area contributed by atoms with Crippen molar-refractivity contribution in [2.75, 3.05) is 13.1 Å². The molecule has 3 rings (SSSR count). The molecule has 0 bridgehead atoms. The van der Waals surface area contributed by atoms with Crippen LogP contribution in [0.1, 0.15) is 43.2 Å². The average molecular weight is 374 g/mol. The third-order valence-corrected chi connectivity index (χ3v) is 4.91. The summed E-state index contributed by atoms with van der Waals surface area (Å²) < 4.78 is 0. The summed E-state index contributed by atoms with van der Waals surface area (Å²) in [7, 11) is 0. The van der Waals surface area contributed by atoms with E-state index in [1.54, 1.807) is 0 Å². The van der Waals surface area contributed by atoms with E-state index in [1.807, 2.05) is 0 Å². The number of rotatable bonds is 5. The van der Waals surface area contributed by atoms with Crippen LogP contribution in [0, 0.1) is 5.92 Å². The molecule has 1 aliphatic carbocycles. The summed E-state index contributed by atoms with van der Waals surface area (Å²) in [5.74, 6) is 0.278. The predicted molar refractivity (Wildman–Crippen MR) is 103 cm³/mol. The minimum Gasteiger partial charge on any atom is -0.352 e. The highest BCUT2D eigenvalue weighted by atomic mass is 35.5. The van der Waals surface area contributed by atoms with Gasteiger partial charge in [0, 0.05) is 25.0 Å². The molecule has 1 saturated carbocycles. The molecule has 2 unspecified atom stereocenters. The number of hydrogen-bond donors (Lipinski definition) is 2. The van der Waals surface area contributed by atoms with Crippen molar-refractivity contribution < 1.29 is 4.79 Å². The van der Waals surface area contributed by atoms with Crippen molar-refractivity contribution >= 4 is 30.7 Å². The van der Waals surface area contributed by atoms with Gasteiger partial charge >= 0.3 is 0 Å². The van der Waals surface area contributed by atoms with E-state index < -0.39 is 0 Å². The topological polar surface area (TPSA) is 58.4 Å². The number of halogens is 2. The quantitative estimate of drug-likeness (QED) is 0.833. The first kappa shape index (κ1) is 21.2. The molecule has 1 saturated heterocycles. The van der Waals surface area contributed by atoms with E-state index in [-0.39, 0.29) is 42.7 Å². The number of nitrogens with zero attached hydrogens (tertiary/aromatic N) is 1. The molecule has 2 aliphatic rings. The van der Waals surface area contributed by atoms with Gasteiger partial charge in [-0.15, -0.1) is 24.8 Å². The van der Waals surface area contributed by atoms with Crippen LogP contribution in [0.3, 0.4) is 0 Å². The molecular formula is C18H29Cl2N3O. The first-order chi connectivity index (χ1) is 10.7. The zero-order valence-corrected chi connectivity index (χ0v) is 15.7. The molecule has 2 atom stereocenters. The Morgan fingerprint density at radius 1 is 1.17 bits per heavy atom. The van der Waals surface area contributed by atoms with Gasteiger partial charge in [0.1, 0.15) is 0 Å². The van der Waals surface area contributed by atoms with Gasteiger partial charge in [-0.25, -0.2) is 0 Å². The molecule has 0 spiro atoms. The van der Waals surface area contributed by atoms with Gasteiger partial charge in [-0.1, -0.05) is 24.3 Å². The van der Waals surface area contributed by atoms with Crippen molar-refractivity contribution in [1.29, 1.82) is 0 Å². The molecule has 4 nitrogen and oxygen atoms in total. The highest BCUT2D eigenvalue weighted by molar-refractivity contribution is 5.85. The fourth-order valence-corrected chi connectivity index (χ4v) is 3.62. The standard InChI is InChI=1S/C18H27N3O.2ClH/c19-17-7-6-16(11-17)18(22)20-12-14-4-3-5-15(10-14)13-21-8-1-2-9-21;;/h3-5,10,16-17H,1-2,6-9,11-13,19H2,(H,20,22);2*1H. The minimum absolute atomic E-state index is 0. The third kappa shape index (κ3) is 5.92. The van der Waals surface area contributed by atoms with E-state index in [1.165, 1.54) is 37.1 Å². The zero-order valence-electron chi connectivity index (χ0n) is 14.1. The van der Waals surface area contributed by atoms with Crippen LogP contribution in [-0.2, 0) is 17.9 Å². The van der Waals surface area contributed by atoms with Gasteiger partial charge < -0.3 is 11.1 Å². The number of amides is 1. The fourth-order valence-electron chi connectivity index (χ4n) is 3.62. The van der Waals surface area contributed by atoms with Gasteiger partial charge in [-0.2, -0.15) is 0 Å². The van der Waals surface area contributed by atoms with Crippen molar-refractivity contribution in [2.24, 2.45) is 11.7 Å². The number of carbonyl (C=O) groups excluding carboxylic acids is 1. The maximum Gasteiger partial charge on any atom is 0.223 e. The highest BCUT2D eigenvalue weighted by Gasteiger charge is 2.27. The van der Waals surface area contributed by atoms with E-state index in [2.05, 4.69) is 34.5 Å². The number of benzene rings is 1. The smallest absolute Gasteiger partial charge is 0.223 e. The van der Waals surface area contributed by atoms with Crippen LogP contribution in [-0.4, -0.2) is 29.9 Å². The van der Waals surface area contributed by atoms with Crippen LogP contribution in [0.4, 0.5) is 0 Å². The molecule has 6 heteroatoms. The Labute approximate surface area is 157 Å². The number of nitrogens with two attached hydrogens (primary N) is 1. The normalized spacial score (nSPS) is 23.4. The molecule has 2 fully saturated rings. The van der Waals surface area contributed by atoms with Gasteiger partial charge in [-0.3, -0.25) is 9.69 Å². The van der Waals surface area contributed by atoms with E-state index >= 15 is 0 Å². The summed E-state index contributed by atoms with van der Waals surface area (Å²) in [5.41, 5.74) is 8.41. The second-order valence-corrected chi connectivity index (χ2v) is 6.79. The predicted octanol–water partition coefficient (Wildman–Crippen LogP) is 2.87. The Morgan fingerprint density at radius 3 is 2.54 bits per heavy atom. The summed E-state index contributed by atoms with van der Waals surface area (Å²) >= 11 is 0. The van der Waals surface area contributed by atoms with Crippen molar-refractivity contribution in [3.8, 4) is 0 Å². The summed E-state index contributed by atoms with van der Waals surface area (Å²) in [6, 6.07) is 8.80. The Morgan fingerprint density at radius 2 is 1.88 bits per heavy atom. The van der Waals surface area contributed by atoms with E-state index in [0.717, 1.165) is 25.8 Å². The van der Waals surface area contributed by atoms with Crippen LogP contribution in [0.2, 0.25) is 0 Å². The van der Waals surface area contributed by atoms with Crippen molar-refractivity contribution in [2.45, 2.75) is 51.2 Å². The van der Waals surface area contributed by atoms with Crippen molar-refractivity contribution in [3.05, 3.63) is 35.4 Å². The SMILES string of the molecule is Cl.Cl.NC1CCC(C(=O)NCc2cccc(CN3CCCC3)c2)C1. The molecule has 1 aromatic carbocycles. The van der Waals surface area contributed by atoms with Crippen LogP contribution >= 0.6 is 24.8 Å². The van der Waals surface area contributed by atoms with Crippen LogP contribution in [0.25, 0.3) is 0 Å². The third-order valence-electron chi connectivity index (χ3n) is 4.91. The molecule has 3 N–H and O–H groups in total. The lowest BCUT2D eigenvalue weighted by atomic mass is 10.1. The Balaban J connectivity index is 0.00000144. The fraction of sp³-hybridized carbons (Fsp3) is 0.611. The molecule has 1 heterocycles. The molecular weight excluding hydrogens is 345 g/mol. The van der Waals surface area contributed by atoms with E-state index in [9.17, 15) is 4.79 Å². The molecule has 0 radical (unpaired) electrons. The van der Waals surface area contributed by atoms with Crippen LogP contribution in [0.5, 0.6) is 0 Å². The summed E-state index contributed by atoms with van der Waals surface area (Å²) in [5, 5.41) is 3.07. The van der Waals surface area contributed by atoms with E-state index in [0.29, 0.717) is 6.54 Å². The highest BCUT2D eigenvalue weighted by Crippen LogP contribution is 2.24. The first-order valence-electron chi connectivity index (χ1n) is 8.54. The monoisotopic (exact) mass is 373 g/mol. The van der Waals surface area contributed by atoms with Gasteiger partial charge in [0.05, 0.1) is 0 Å². The number of carbonyl (C=O) groups is 1. The number of hydrogen-bond acceptors (Lipinski definition) is 3. The Hall–Kier alpha value is -0.810. The minimum atomic E-state index is 0. The maximum absolute atomic E-state index is 12.2. The average Bonchev–Trinajstić information content (AvgIpc) is 3.17. The van der Waals surface area contributed by atoms with Gasteiger partial charge in [0.2, 0.25) is 5.91 Å². The number of likely N-dealkylation sites (tertiary alicyclic amines) is 1. The lowest BCUT2D eigenvalue weighted by Gasteiger charge is -2.15. The van der Waals surface area contributed by atoms with Gasteiger partial charge in [0.25, 0.3) is 0 Å². The zero-order chi connectivity index (χ0) is 15.4. The van der Waals surface area contributed by atoms with Crippen LogP contribution in [0.15, 0.2) is 24.3 Å². The Bertz CT molecular complexity index is 521. The second kappa shape index (κ2) is 10.2. The molecule has 1 amide bonds. The molecule has 1 aliphatic heterocycles. The lowest BCUT2D eigenvalue weighted by molar-refractivity contribution is -0.125. The lowest BCUT2D eigenvalue weighted by Crippen LogP contribution is -2.30. The summed E-state index contributed by atoms with van der Waals surface area (Å²) in [6.45, 7) is 4.07. The molecule has 0 aromatic heterocycles. The maximum atomic E-state index is 12.2. The number of nitrogens with one attached hydrogen (secondary N) is 1. The van der Waals surface area contributed by atoms with Gasteiger partial charge in [0.15, 0.2) is 0 Å². The van der Waals surface area contributed by atoms with Crippen molar-refractivity contribution in [3.63, 3.8) is 0 Å². The first-order valence-corrected chi connectivity index (χ1v) is 8.54. The molecule has 24 heavy (non-hydrogen) atoms. The second-order valence-electron chi connectivity index (χ2n) is 6.79. The van der Waals surface area contributed by atoms with Crippen molar-refractivity contribution in [1.82, 2.24) is 10.2 Å². The molecule has 136 valence electrons. The Kier molecular flexibility index (Phi) is 9.06.